The second kappa shape index (κ2) is 65.1. The van der Waals surface area contributed by atoms with Gasteiger partial charge in [0.2, 0.25) is 0 Å². The van der Waals surface area contributed by atoms with Gasteiger partial charge in [-0.15, -0.1) is 0 Å². The first-order chi connectivity index (χ1) is 67.4. The summed E-state index contributed by atoms with van der Waals surface area (Å²) in [5.41, 5.74) is 17.8. The fourth-order valence-electron chi connectivity index (χ4n) is 14.5. The predicted octanol–water partition coefficient (Wildman–Crippen LogP) is 22.6. The van der Waals surface area contributed by atoms with E-state index in [1.807, 2.05) is 109 Å². The van der Waals surface area contributed by atoms with Crippen molar-refractivity contribution in [2.24, 2.45) is 0 Å². The number of carbonyl (C=O) groups excluding carboxylic acids is 6. The maximum Gasteiger partial charge on any atom is 0.338 e. The lowest BCUT2D eigenvalue weighted by atomic mass is 10.1. The molecule has 0 amide bonds. The number of anilines is 2. The number of esters is 6. The Morgan fingerprint density at radius 1 is 0.225 bits per heavy atom. The standard InChI is InChI=1S/C110H140N2O26/c1-119-101-67-81(41-49-105(113)123-5)37-45-97(101)131-57-31-21-13-9-17-27-53-127-91-63-85(64-92(76-91)128-54-28-18-10-14-22-32-58-132-98-46-38-82(68-102(98)120-2)42-50-106(114)124-6)79-137-95-73-88(110(118)136-62-36-26-25-35-61-135-109(117)87-71-89(111)75-90(112)72-87)74-96(78-95)138-80-86-65-93(129-55-29-19-11-15-23-33-59-133-99-47-39-83(69-103(99)121-3)43-51-107(115)125-7)77-94(66-86)130-56-30-20-12-16-24-34-60-134-100-48-40-84(70-104(100)122-4)44-52-108(116)126-8/h37-52,63-78H,9-36,53-62,79-80,111-112H2,1-8H3/b49-41+,50-42+,51-43+,52-44+. The Morgan fingerprint density at radius 2 is 0.442 bits per heavy atom. The first kappa shape index (κ1) is 110. The number of carbonyl (C=O) groups is 6. The Hall–Kier alpha value is -13.7. The summed E-state index contributed by atoms with van der Waals surface area (Å²) in [6, 6.07) is 43.4. The molecule has 0 radical (unpaired) electrons. The van der Waals surface area contributed by atoms with Gasteiger partial charge in [0, 0.05) is 53.9 Å². The average molecular weight is 1910 g/mol. The fraction of sp³-hybridized carbons (Fsp3) is 0.436. The minimum absolute atomic E-state index is 0.0747. The van der Waals surface area contributed by atoms with Crippen molar-refractivity contribution >= 4 is 71.5 Å². The molecule has 0 saturated heterocycles. The van der Waals surface area contributed by atoms with Crippen LogP contribution in [0.5, 0.6) is 80.5 Å². The molecule has 0 heterocycles. The van der Waals surface area contributed by atoms with Gasteiger partial charge in [-0.25, -0.2) is 28.8 Å². The lowest BCUT2D eigenvalue weighted by Gasteiger charge is -2.16. The summed E-state index contributed by atoms with van der Waals surface area (Å²) in [7, 11) is 11.7. The van der Waals surface area contributed by atoms with Crippen molar-refractivity contribution in [1.29, 1.82) is 0 Å². The summed E-state index contributed by atoms with van der Waals surface area (Å²) in [4.78, 5) is 73.6. The van der Waals surface area contributed by atoms with Gasteiger partial charge in [-0.1, -0.05) is 127 Å². The van der Waals surface area contributed by atoms with Crippen LogP contribution < -0.4 is 77.8 Å². The van der Waals surface area contributed by atoms with Crippen molar-refractivity contribution < 1.29 is 124 Å². The molecular formula is C110H140N2O26. The van der Waals surface area contributed by atoms with Crippen LogP contribution in [0.3, 0.4) is 0 Å². The number of methoxy groups -OCH3 is 8. The lowest BCUT2D eigenvalue weighted by Crippen LogP contribution is -2.09. The smallest absolute Gasteiger partial charge is 0.338 e. The fourth-order valence-corrected chi connectivity index (χ4v) is 14.5. The van der Waals surface area contributed by atoms with Gasteiger partial charge in [-0.2, -0.15) is 0 Å². The van der Waals surface area contributed by atoms with Crippen LogP contribution in [0.2, 0.25) is 0 Å². The molecule has 0 fully saturated rings. The molecule has 4 N–H and O–H groups in total. The number of benzene rings is 8. The second-order valence-corrected chi connectivity index (χ2v) is 32.8. The molecule has 0 atom stereocenters. The van der Waals surface area contributed by atoms with Crippen molar-refractivity contribution in [2.45, 2.75) is 193 Å². The molecule has 0 aliphatic carbocycles. The van der Waals surface area contributed by atoms with Gasteiger partial charge in [0.05, 0.1) is 134 Å². The molecule has 8 aromatic rings. The van der Waals surface area contributed by atoms with E-state index < -0.39 is 35.8 Å². The molecule has 8 rings (SSSR count). The summed E-state index contributed by atoms with van der Waals surface area (Å²) in [6.07, 6.45) is 37.5. The van der Waals surface area contributed by atoms with E-state index in [-0.39, 0.29) is 37.6 Å². The van der Waals surface area contributed by atoms with Crippen LogP contribution in [0.15, 0.2) is 170 Å². The van der Waals surface area contributed by atoms with Gasteiger partial charge in [0.15, 0.2) is 46.0 Å². The predicted molar refractivity (Wildman–Crippen MR) is 533 cm³/mol. The van der Waals surface area contributed by atoms with E-state index in [0.717, 1.165) is 194 Å². The third kappa shape index (κ3) is 43.6. The normalized spacial score (nSPS) is 11.2. The third-order valence-corrected chi connectivity index (χ3v) is 22.0. The Kier molecular flexibility index (Phi) is 51.8. The monoisotopic (exact) mass is 1900 g/mol. The molecule has 0 spiro atoms. The average Bonchev–Trinajstić information content (AvgIpc) is 0.897. The molecule has 8 aromatic carbocycles. The molecule has 138 heavy (non-hydrogen) atoms. The number of nitrogen functional groups attached to an aromatic ring is 2. The van der Waals surface area contributed by atoms with Crippen LogP contribution in [-0.4, -0.2) is 159 Å². The zero-order valence-corrected chi connectivity index (χ0v) is 81.5. The number of ether oxygens (including phenoxy) is 20. The highest BCUT2D eigenvalue weighted by molar-refractivity contribution is 5.92. The summed E-state index contributed by atoms with van der Waals surface area (Å²) in [6.45, 7) is 4.53. The number of rotatable bonds is 71. The number of hydrogen-bond donors (Lipinski definition) is 2. The maximum atomic E-state index is 14.3. The van der Waals surface area contributed by atoms with Crippen LogP contribution in [0.25, 0.3) is 24.3 Å². The van der Waals surface area contributed by atoms with Crippen molar-refractivity contribution in [3.8, 4) is 80.5 Å². The Labute approximate surface area is 813 Å². The number of hydrogen-bond acceptors (Lipinski definition) is 28. The van der Waals surface area contributed by atoms with E-state index in [4.69, 9.17) is 106 Å². The third-order valence-electron chi connectivity index (χ3n) is 22.0. The van der Waals surface area contributed by atoms with Gasteiger partial charge in [-0.05, 0) is 238 Å². The van der Waals surface area contributed by atoms with Crippen LogP contribution >= 0.6 is 0 Å². The molecule has 0 aliphatic heterocycles. The highest BCUT2D eigenvalue weighted by atomic mass is 16.6. The molecule has 28 nitrogen and oxygen atoms in total. The van der Waals surface area contributed by atoms with Gasteiger partial charge >= 0.3 is 35.8 Å². The second-order valence-electron chi connectivity index (χ2n) is 32.8. The zero-order valence-electron chi connectivity index (χ0n) is 81.5. The van der Waals surface area contributed by atoms with E-state index in [0.29, 0.717) is 164 Å². The van der Waals surface area contributed by atoms with Gasteiger partial charge in [0.1, 0.15) is 47.7 Å². The van der Waals surface area contributed by atoms with Gasteiger partial charge < -0.3 is 106 Å². The number of nitrogens with two attached hydrogens (primary N) is 2. The first-order valence-electron chi connectivity index (χ1n) is 47.8. The topological polar surface area (TPSA) is 339 Å². The van der Waals surface area contributed by atoms with E-state index >= 15 is 0 Å². The van der Waals surface area contributed by atoms with Crippen LogP contribution in [0, 0.1) is 0 Å². The highest BCUT2D eigenvalue weighted by Gasteiger charge is 2.19. The van der Waals surface area contributed by atoms with Gasteiger partial charge in [-0.3, -0.25) is 0 Å². The maximum absolute atomic E-state index is 14.3. The van der Waals surface area contributed by atoms with Crippen molar-refractivity contribution in [3.05, 3.63) is 214 Å². The number of unbranched alkanes of at least 4 members (excludes halogenated alkanes) is 23. The quantitative estimate of drug-likeness (QED) is 0.0118. The minimum Gasteiger partial charge on any atom is -0.493 e. The molecule has 0 aliphatic rings. The van der Waals surface area contributed by atoms with Gasteiger partial charge in [0.25, 0.3) is 0 Å². The summed E-state index contributed by atoms with van der Waals surface area (Å²) < 4.78 is 116. The molecule has 0 unspecified atom stereocenters. The van der Waals surface area contributed by atoms with E-state index in [1.165, 1.54) is 64.9 Å². The molecular weight excluding hydrogens is 1770 g/mol. The van der Waals surface area contributed by atoms with Crippen molar-refractivity contribution in [2.75, 3.05) is 134 Å². The van der Waals surface area contributed by atoms with E-state index in [2.05, 4.69) is 0 Å². The van der Waals surface area contributed by atoms with E-state index in [1.54, 1.807) is 77.0 Å². The largest absolute Gasteiger partial charge is 0.493 e. The Balaban J connectivity index is 0.915. The Morgan fingerprint density at radius 3 is 0.681 bits per heavy atom. The zero-order chi connectivity index (χ0) is 98.4. The molecule has 28 heteroatoms. The van der Waals surface area contributed by atoms with Crippen LogP contribution in [0.4, 0.5) is 11.4 Å². The summed E-state index contributed by atoms with van der Waals surface area (Å²) in [5, 5.41) is 0. The molecule has 0 bridgehead atoms. The highest BCUT2D eigenvalue weighted by Crippen LogP contribution is 2.36. The van der Waals surface area contributed by atoms with Crippen molar-refractivity contribution in [1.82, 2.24) is 0 Å². The minimum atomic E-state index is -0.566. The van der Waals surface area contributed by atoms with Crippen LogP contribution in [0.1, 0.15) is 234 Å². The SMILES string of the molecule is COC(=O)/C=C/c1ccc(OCCCCCCCCOc2cc(COc3cc(OCc4cc(OCCCCCCCCOc5ccc(/C=C/C(=O)OC)cc5OC)cc(OCCCCCCCCOc5ccc(/C=C/C(=O)OC)cc5OC)c4)cc(C(=O)OCCCCCCOC(=O)c4cc(N)cc(N)c4)c3)cc(OCCCCCCCCOc3ccc(/C=C/C(=O)OC)cc3OC)c2)c(OC)c1. The van der Waals surface area contributed by atoms with Crippen molar-refractivity contribution in [3.63, 3.8) is 0 Å². The summed E-state index contributed by atoms with van der Waals surface area (Å²) in [5.74, 6) is 5.25. The molecule has 0 aromatic heterocycles. The molecule has 746 valence electrons. The van der Waals surface area contributed by atoms with Crippen LogP contribution in [-0.2, 0) is 60.8 Å². The first-order valence-corrected chi connectivity index (χ1v) is 47.8. The molecule has 0 saturated carbocycles. The Bertz CT molecular complexity index is 4620. The lowest BCUT2D eigenvalue weighted by molar-refractivity contribution is -0.135. The summed E-state index contributed by atoms with van der Waals surface area (Å²) >= 11 is 0. The van der Waals surface area contributed by atoms with E-state index in [9.17, 15) is 28.8 Å².